The zero-order valence-electron chi connectivity index (χ0n) is 21.3. The number of ether oxygens (including phenoxy) is 2. The highest BCUT2D eigenvalue weighted by Crippen LogP contribution is 2.48. The molecule has 2 aliphatic carbocycles. The lowest BCUT2D eigenvalue weighted by atomic mass is 9.73. The van der Waals surface area contributed by atoms with Gasteiger partial charge in [-0.05, 0) is 67.1 Å². The van der Waals surface area contributed by atoms with Crippen LogP contribution >= 0.6 is 0 Å². The molecule has 1 aromatic carbocycles. The van der Waals surface area contributed by atoms with E-state index in [-0.39, 0.29) is 31.1 Å². The Hall–Kier alpha value is -2.01. The molecule has 5 heteroatoms. The number of benzene rings is 1. The number of rotatable bonds is 15. The second-order valence-corrected chi connectivity index (χ2v) is 10.4. The Labute approximate surface area is 206 Å². The van der Waals surface area contributed by atoms with Crippen LogP contribution in [0.15, 0.2) is 30.5 Å². The van der Waals surface area contributed by atoms with Crippen LogP contribution in [-0.2, 0) is 22.4 Å². The second kappa shape index (κ2) is 13.2. The van der Waals surface area contributed by atoms with Crippen LogP contribution in [0.4, 0.5) is 0 Å². The van der Waals surface area contributed by atoms with E-state index in [2.05, 4.69) is 25.6 Å². The van der Waals surface area contributed by atoms with Gasteiger partial charge in [0.15, 0.2) is 0 Å². The van der Waals surface area contributed by atoms with Gasteiger partial charge in [-0.3, -0.25) is 4.79 Å². The largest absolute Gasteiger partial charge is 0.491 e. The number of carbonyl (C=O) groups excluding carboxylic acids is 1. The maximum Gasteiger partial charge on any atom is 0.221 e. The molecule has 2 aliphatic rings. The lowest BCUT2D eigenvalue weighted by Gasteiger charge is -2.32. The maximum absolute atomic E-state index is 11.2. The van der Waals surface area contributed by atoms with E-state index in [0.717, 1.165) is 31.4 Å². The predicted molar refractivity (Wildman–Crippen MR) is 137 cm³/mol. The van der Waals surface area contributed by atoms with Crippen molar-refractivity contribution in [2.75, 3.05) is 6.61 Å². The summed E-state index contributed by atoms with van der Waals surface area (Å²) in [4.78, 5) is 11.2. The summed E-state index contributed by atoms with van der Waals surface area (Å²) in [7, 11) is 0. The average molecular weight is 472 g/mol. The van der Waals surface area contributed by atoms with Gasteiger partial charge in [-0.25, -0.2) is 0 Å². The predicted octanol–water partition coefficient (Wildman–Crippen LogP) is 5.71. The number of aliphatic hydroxyl groups excluding tert-OH is 1. The monoisotopic (exact) mass is 471 g/mol. The van der Waals surface area contributed by atoms with Gasteiger partial charge in [0.25, 0.3) is 0 Å². The van der Waals surface area contributed by atoms with Crippen LogP contribution in [0.25, 0.3) is 0 Å². The average Bonchev–Trinajstić information content (AvgIpc) is 3.11. The Kier molecular flexibility index (Phi) is 10.3. The van der Waals surface area contributed by atoms with Crippen molar-refractivity contribution in [3.8, 4) is 5.75 Å². The minimum Gasteiger partial charge on any atom is -0.491 e. The molecule has 34 heavy (non-hydrogen) atoms. The van der Waals surface area contributed by atoms with Crippen molar-refractivity contribution < 1.29 is 19.4 Å². The first kappa shape index (κ1) is 26.6. The number of primary amides is 1. The molecule has 0 radical (unpaired) electrons. The maximum atomic E-state index is 11.2. The molecule has 0 aromatic heterocycles. The van der Waals surface area contributed by atoms with Crippen molar-refractivity contribution in [1.29, 1.82) is 0 Å². The molecule has 5 atom stereocenters. The number of hydrogen-bond acceptors (Lipinski definition) is 4. The summed E-state index contributed by atoms with van der Waals surface area (Å²) in [6.07, 6.45) is 12.3. The van der Waals surface area contributed by atoms with Gasteiger partial charge in [-0.2, -0.15) is 0 Å². The van der Waals surface area contributed by atoms with Crippen LogP contribution in [0.5, 0.6) is 5.75 Å². The van der Waals surface area contributed by atoms with Gasteiger partial charge in [0, 0.05) is 0 Å². The van der Waals surface area contributed by atoms with Gasteiger partial charge < -0.3 is 20.3 Å². The third kappa shape index (κ3) is 7.24. The Morgan fingerprint density at radius 2 is 1.94 bits per heavy atom. The van der Waals surface area contributed by atoms with Crippen LogP contribution in [-0.4, -0.2) is 29.8 Å². The molecule has 1 fully saturated rings. The molecule has 0 heterocycles. The Morgan fingerprint density at radius 3 is 2.68 bits per heavy atom. The number of amides is 1. The molecule has 0 bridgehead atoms. The van der Waals surface area contributed by atoms with E-state index in [0.29, 0.717) is 29.9 Å². The number of fused-ring (bicyclic) bond motifs is 2. The van der Waals surface area contributed by atoms with E-state index in [1.807, 2.05) is 13.0 Å². The standard InChI is InChI=1S/C29H45NO4/c1-4-6-7-8-9-10-13-24-25-15-21-12-11-14-28(26(21)16-22(25)17-27(24)31)33-19-20(3)34-23(5-2)18-29(30)32/h11-12,14,22-25,27,31H,3-10,13,15-19H2,1-2H3,(H2,30,32)/t22?,23?,24?,25?,27-/m1/s1. The molecule has 1 saturated carbocycles. The number of aliphatic hydroxyl groups is 1. The van der Waals surface area contributed by atoms with Crippen molar-refractivity contribution in [3.05, 3.63) is 41.7 Å². The molecule has 1 aromatic rings. The third-order valence-electron chi connectivity index (χ3n) is 7.84. The molecule has 4 unspecified atom stereocenters. The van der Waals surface area contributed by atoms with Gasteiger partial charge >= 0.3 is 0 Å². The summed E-state index contributed by atoms with van der Waals surface area (Å²) in [5.74, 6) is 2.55. The smallest absolute Gasteiger partial charge is 0.221 e. The highest BCUT2D eigenvalue weighted by Gasteiger charge is 2.44. The van der Waals surface area contributed by atoms with E-state index in [4.69, 9.17) is 15.2 Å². The van der Waals surface area contributed by atoms with Crippen molar-refractivity contribution in [2.24, 2.45) is 23.5 Å². The van der Waals surface area contributed by atoms with Crippen LogP contribution in [0.2, 0.25) is 0 Å². The number of unbranched alkanes of at least 4 members (excludes halogenated alkanes) is 5. The molecule has 1 amide bonds. The van der Waals surface area contributed by atoms with Gasteiger partial charge in [0.1, 0.15) is 24.2 Å². The summed E-state index contributed by atoms with van der Waals surface area (Å²) in [6.45, 7) is 8.44. The van der Waals surface area contributed by atoms with E-state index in [9.17, 15) is 9.90 Å². The summed E-state index contributed by atoms with van der Waals surface area (Å²) in [5.41, 5.74) is 7.93. The van der Waals surface area contributed by atoms with Crippen LogP contribution < -0.4 is 10.5 Å². The lowest BCUT2D eigenvalue weighted by molar-refractivity contribution is -0.120. The Bertz CT molecular complexity index is 807. The zero-order chi connectivity index (χ0) is 24.5. The van der Waals surface area contributed by atoms with Gasteiger partial charge in [0.2, 0.25) is 5.91 Å². The summed E-state index contributed by atoms with van der Waals surface area (Å²) < 4.78 is 11.9. The minimum absolute atomic E-state index is 0.172. The molecular formula is C29H45NO4. The lowest BCUT2D eigenvalue weighted by Crippen LogP contribution is -2.27. The van der Waals surface area contributed by atoms with Crippen molar-refractivity contribution >= 4 is 5.91 Å². The number of hydrogen-bond donors (Lipinski definition) is 2. The summed E-state index contributed by atoms with van der Waals surface area (Å²) in [6, 6.07) is 6.30. The number of nitrogens with two attached hydrogens (primary N) is 1. The Balaban J connectivity index is 1.55. The minimum atomic E-state index is -0.374. The first-order chi connectivity index (χ1) is 16.4. The van der Waals surface area contributed by atoms with Crippen LogP contribution in [0.3, 0.4) is 0 Å². The second-order valence-electron chi connectivity index (χ2n) is 10.4. The van der Waals surface area contributed by atoms with Gasteiger partial charge in [0.05, 0.1) is 12.5 Å². The Morgan fingerprint density at radius 1 is 1.18 bits per heavy atom. The normalized spacial score (nSPS) is 24.2. The molecule has 190 valence electrons. The van der Waals surface area contributed by atoms with E-state index in [1.165, 1.54) is 49.7 Å². The van der Waals surface area contributed by atoms with Crippen molar-refractivity contribution in [2.45, 2.75) is 103 Å². The first-order valence-electron chi connectivity index (χ1n) is 13.5. The summed E-state index contributed by atoms with van der Waals surface area (Å²) in [5, 5.41) is 10.9. The van der Waals surface area contributed by atoms with Crippen LogP contribution in [0, 0.1) is 17.8 Å². The number of carbonyl (C=O) groups is 1. The fourth-order valence-electron chi connectivity index (χ4n) is 6.02. The topological polar surface area (TPSA) is 81.8 Å². The fourth-order valence-corrected chi connectivity index (χ4v) is 6.02. The summed E-state index contributed by atoms with van der Waals surface area (Å²) >= 11 is 0. The van der Waals surface area contributed by atoms with Gasteiger partial charge in [-0.15, -0.1) is 0 Å². The zero-order valence-corrected chi connectivity index (χ0v) is 21.3. The highest BCUT2D eigenvalue weighted by atomic mass is 16.5. The van der Waals surface area contributed by atoms with E-state index in [1.54, 1.807) is 0 Å². The highest BCUT2D eigenvalue weighted by molar-refractivity contribution is 5.74. The third-order valence-corrected chi connectivity index (χ3v) is 7.84. The SMILES string of the molecule is C=C(COc1cccc2c1CC1C[C@@H](O)C(CCCCCCCC)C1C2)OC(CC)CC(N)=O. The van der Waals surface area contributed by atoms with E-state index < -0.39 is 0 Å². The molecule has 3 rings (SSSR count). The fraction of sp³-hybridized carbons (Fsp3) is 0.690. The first-order valence-corrected chi connectivity index (χ1v) is 13.5. The van der Waals surface area contributed by atoms with Crippen LogP contribution in [0.1, 0.15) is 89.2 Å². The molecular weight excluding hydrogens is 426 g/mol. The molecule has 0 saturated heterocycles. The molecule has 0 spiro atoms. The van der Waals surface area contributed by atoms with Crippen molar-refractivity contribution in [3.63, 3.8) is 0 Å². The quantitative estimate of drug-likeness (QED) is 0.253. The molecule has 3 N–H and O–H groups in total. The molecule has 0 aliphatic heterocycles. The van der Waals surface area contributed by atoms with Gasteiger partial charge in [-0.1, -0.05) is 71.1 Å². The van der Waals surface area contributed by atoms with E-state index >= 15 is 0 Å². The van der Waals surface area contributed by atoms with Crippen molar-refractivity contribution in [1.82, 2.24) is 0 Å². The molecule has 5 nitrogen and oxygen atoms in total.